The van der Waals surface area contributed by atoms with Crippen LogP contribution in [-0.2, 0) is 11.3 Å². The van der Waals surface area contributed by atoms with E-state index in [0.717, 1.165) is 20.2 Å². The smallest absolute Gasteiger partial charge is 0.268 e. The summed E-state index contributed by atoms with van der Waals surface area (Å²) in [6.07, 6.45) is 1.00. The Kier molecular flexibility index (Phi) is 4.93. The molecule has 2 aromatic carbocycles. The number of amides is 1. The second-order valence-corrected chi connectivity index (χ2v) is 7.04. The minimum absolute atomic E-state index is 0.0248. The second-order valence-electron chi connectivity index (χ2n) is 5.13. The molecule has 118 valence electrons. The Morgan fingerprint density at radius 2 is 1.87 bits per heavy atom. The van der Waals surface area contributed by atoms with Crippen molar-refractivity contribution >= 4 is 49.1 Å². The number of nitrogens with zero attached hydrogens (tertiary/aromatic N) is 1. The lowest BCUT2D eigenvalue weighted by molar-refractivity contribution is -0.116. The number of hydrogen-bond donors (Lipinski definition) is 1. The van der Waals surface area contributed by atoms with Crippen LogP contribution >= 0.6 is 27.5 Å². The van der Waals surface area contributed by atoms with E-state index in [2.05, 4.69) is 21.2 Å². The normalized spacial score (nSPS) is 10.8. The molecule has 1 aromatic heterocycles. The number of halogens is 1. The predicted molar refractivity (Wildman–Crippen MR) is 98.1 cm³/mol. The van der Waals surface area contributed by atoms with Crippen LogP contribution in [0.4, 0.5) is 5.69 Å². The fourth-order valence-electron chi connectivity index (χ4n) is 2.32. The van der Waals surface area contributed by atoms with Crippen LogP contribution in [0.3, 0.4) is 0 Å². The van der Waals surface area contributed by atoms with Gasteiger partial charge in [0.1, 0.15) is 0 Å². The molecule has 0 spiro atoms. The summed E-state index contributed by atoms with van der Waals surface area (Å²) in [5, 5.41) is 3.61. The zero-order valence-electron chi connectivity index (χ0n) is 12.3. The van der Waals surface area contributed by atoms with Crippen molar-refractivity contribution in [3.63, 3.8) is 0 Å². The molecular weight excluding hydrogens is 376 g/mol. The first-order valence-corrected chi connectivity index (χ1v) is 8.85. The molecule has 0 bridgehead atoms. The van der Waals surface area contributed by atoms with Crippen molar-refractivity contribution in [3.8, 4) is 0 Å². The van der Waals surface area contributed by atoms with Crippen molar-refractivity contribution in [3.05, 3.63) is 63.4 Å². The van der Waals surface area contributed by atoms with Crippen molar-refractivity contribution in [1.29, 1.82) is 0 Å². The Balaban J connectivity index is 1.58. The highest BCUT2D eigenvalue weighted by Gasteiger charge is 2.08. The number of benzene rings is 2. The third-order valence-corrected chi connectivity index (χ3v) is 5.28. The minimum Gasteiger partial charge on any atom is -0.325 e. The summed E-state index contributed by atoms with van der Waals surface area (Å²) in [7, 11) is 0. The van der Waals surface area contributed by atoms with E-state index < -0.39 is 0 Å². The highest BCUT2D eigenvalue weighted by Crippen LogP contribution is 2.21. The maximum atomic E-state index is 12.2. The van der Waals surface area contributed by atoms with E-state index in [1.54, 1.807) is 3.96 Å². The maximum absolute atomic E-state index is 12.2. The number of para-hydroxylation sites is 1. The summed E-state index contributed by atoms with van der Waals surface area (Å²) in [6, 6.07) is 15.1. The van der Waals surface area contributed by atoms with Crippen LogP contribution in [0.1, 0.15) is 12.8 Å². The third-order valence-electron chi connectivity index (χ3n) is 3.47. The number of aromatic nitrogens is 1. The third kappa shape index (κ3) is 3.71. The Hall–Kier alpha value is -1.92. The topological polar surface area (TPSA) is 51.1 Å². The second kappa shape index (κ2) is 7.10. The molecule has 1 N–H and O–H groups in total. The van der Waals surface area contributed by atoms with Crippen molar-refractivity contribution in [2.75, 3.05) is 5.32 Å². The van der Waals surface area contributed by atoms with Crippen LogP contribution in [0, 0.1) is 0 Å². The SMILES string of the molecule is O=C(CCCn1sc2ccccc2c1=O)Nc1ccccc1Br. The Morgan fingerprint density at radius 1 is 1.13 bits per heavy atom. The summed E-state index contributed by atoms with van der Waals surface area (Å²) in [6.45, 7) is 0.557. The van der Waals surface area contributed by atoms with Gasteiger partial charge in [-0.15, -0.1) is 0 Å². The molecule has 4 nitrogen and oxygen atoms in total. The fraction of sp³-hybridized carbons (Fsp3) is 0.176. The van der Waals surface area contributed by atoms with Gasteiger partial charge in [-0.1, -0.05) is 35.8 Å². The first-order valence-electron chi connectivity index (χ1n) is 7.28. The van der Waals surface area contributed by atoms with Gasteiger partial charge in [0.25, 0.3) is 5.56 Å². The summed E-state index contributed by atoms with van der Waals surface area (Å²) in [5.74, 6) is -0.0499. The average Bonchev–Trinajstić information content (AvgIpc) is 2.86. The number of anilines is 1. The van der Waals surface area contributed by atoms with Crippen LogP contribution in [0.25, 0.3) is 10.1 Å². The van der Waals surface area contributed by atoms with Crippen molar-refractivity contribution < 1.29 is 4.79 Å². The van der Waals surface area contributed by atoms with Gasteiger partial charge in [-0.25, -0.2) is 0 Å². The highest BCUT2D eigenvalue weighted by atomic mass is 79.9. The Labute approximate surface area is 146 Å². The zero-order valence-corrected chi connectivity index (χ0v) is 14.7. The number of hydrogen-bond acceptors (Lipinski definition) is 3. The lowest BCUT2D eigenvalue weighted by Crippen LogP contribution is -2.16. The summed E-state index contributed by atoms with van der Waals surface area (Å²) < 4.78 is 3.56. The van der Waals surface area contributed by atoms with Gasteiger partial charge in [0.15, 0.2) is 0 Å². The van der Waals surface area contributed by atoms with E-state index in [1.807, 2.05) is 48.5 Å². The average molecular weight is 391 g/mol. The van der Waals surface area contributed by atoms with Crippen molar-refractivity contribution in [1.82, 2.24) is 3.96 Å². The number of fused-ring (bicyclic) bond motifs is 1. The first kappa shape index (κ1) is 16.0. The lowest BCUT2D eigenvalue weighted by Gasteiger charge is -2.07. The molecule has 6 heteroatoms. The van der Waals surface area contributed by atoms with Gasteiger partial charge in [-0.05, 0) is 46.6 Å². The van der Waals surface area contributed by atoms with E-state index in [1.165, 1.54) is 11.5 Å². The lowest BCUT2D eigenvalue weighted by atomic mass is 10.2. The molecule has 1 amide bonds. The molecule has 23 heavy (non-hydrogen) atoms. The molecule has 0 unspecified atom stereocenters. The molecule has 0 aliphatic heterocycles. The van der Waals surface area contributed by atoms with Crippen LogP contribution in [0.5, 0.6) is 0 Å². The number of carbonyl (C=O) groups excluding carboxylic acids is 1. The number of nitrogens with one attached hydrogen (secondary N) is 1. The van der Waals surface area contributed by atoms with E-state index in [9.17, 15) is 9.59 Å². The largest absolute Gasteiger partial charge is 0.325 e. The fourth-order valence-corrected chi connectivity index (χ4v) is 3.74. The van der Waals surface area contributed by atoms with Gasteiger partial charge < -0.3 is 5.32 Å². The monoisotopic (exact) mass is 390 g/mol. The molecule has 0 saturated heterocycles. The van der Waals surface area contributed by atoms with E-state index in [0.29, 0.717) is 19.4 Å². The zero-order chi connectivity index (χ0) is 16.2. The van der Waals surface area contributed by atoms with E-state index in [-0.39, 0.29) is 11.5 Å². The molecule has 0 fully saturated rings. The Morgan fingerprint density at radius 3 is 2.65 bits per heavy atom. The maximum Gasteiger partial charge on any atom is 0.268 e. The molecule has 3 aromatic rings. The van der Waals surface area contributed by atoms with Gasteiger partial charge in [-0.3, -0.25) is 13.5 Å². The quantitative estimate of drug-likeness (QED) is 0.707. The van der Waals surface area contributed by atoms with E-state index >= 15 is 0 Å². The first-order chi connectivity index (χ1) is 11.1. The predicted octanol–water partition coefficient (Wildman–Crippen LogP) is 4.24. The van der Waals surface area contributed by atoms with Crippen LogP contribution in [0.15, 0.2) is 57.8 Å². The van der Waals surface area contributed by atoms with E-state index in [4.69, 9.17) is 0 Å². The van der Waals surface area contributed by atoms with Gasteiger partial charge in [-0.2, -0.15) is 0 Å². The molecule has 0 aliphatic carbocycles. The molecule has 0 aliphatic rings. The van der Waals surface area contributed by atoms with Crippen molar-refractivity contribution in [2.24, 2.45) is 0 Å². The molecule has 0 saturated carbocycles. The summed E-state index contributed by atoms with van der Waals surface area (Å²) >= 11 is 4.85. The number of aryl methyl sites for hydroxylation is 1. The van der Waals surface area contributed by atoms with Crippen LogP contribution < -0.4 is 10.9 Å². The molecule has 0 radical (unpaired) electrons. The summed E-state index contributed by atoms with van der Waals surface area (Å²) in [5.41, 5.74) is 0.786. The van der Waals surface area contributed by atoms with Gasteiger partial charge in [0, 0.05) is 17.4 Å². The molecular formula is C17H15BrN2O2S. The minimum atomic E-state index is -0.0499. The highest BCUT2D eigenvalue weighted by molar-refractivity contribution is 9.10. The van der Waals surface area contributed by atoms with Crippen LogP contribution in [-0.4, -0.2) is 9.86 Å². The van der Waals surface area contributed by atoms with Gasteiger partial charge in [0.2, 0.25) is 5.91 Å². The van der Waals surface area contributed by atoms with Crippen molar-refractivity contribution in [2.45, 2.75) is 19.4 Å². The Bertz CT molecular complexity index is 901. The standard InChI is InChI=1S/C17H15BrN2O2S/c18-13-7-2-3-8-14(13)19-16(21)10-5-11-20-17(22)12-6-1-4-9-15(12)23-20/h1-4,6-9H,5,10-11H2,(H,19,21). The summed E-state index contributed by atoms with van der Waals surface area (Å²) in [4.78, 5) is 24.2. The number of carbonyl (C=O) groups is 1. The van der Waals surface area contributed by atoms with Gasteiger partial charge >= 0.3 is 0 Å². The number of rotatable bonds is 5. The van der Waals surface area contributed by atoms with Gasteiger partial charge in [0.05, 0.1) is 15.8 Å². The molecule has 3 rings (SSSR count). The molecule has 0 atom stereocenters. The molecule has 1 heterocycles. The van der Waals surface area contributed by atoms with Crippen LogP contribution in [0.2, 0.25) is 0 Å².